The predicted molar refractivity (Wildman–Crippen MR) is 125 cm³/mol. The molecule has 0 saturated heterocycles. The highest BCUT2D eigenvalue weighted by Crippen LogP contribution is 2.20. The van der Waals surface area contributed by atoms with Crippen LogP contribution in [0.3, 0.4) is 0 Å². The molecular weight excluding hydrogens is 448 g/mol. The summed E-state index contributed by atoms with van der Waals surface area (Å²) < 4.78 is 10.1. The molecule has 0 unspecified atom stereocenters. The van der Waals surface area contributed by atoms with Crippen molar-refractivity contribution in [2.24, 2.45) is 0 Å². The summed E-state index contributed by atoms with van der Waals surface area (Å²) in [6.45, 7) is 1.95. The number of rotatable bonds is 12. The third-order valence-electron chi connectivity index (χ3n) is 4.43. The topological polar surface area (TPSA) is 111 Å². The molecule has 2 rings (SSSR count). The van der Waals surface area contributed by atoms with Gasteiger partial charge < -0.3 is 20.1 Å². The van der Waals surface area contributed by atoms with Crippen molar-refractivity contribution in [3.05, 3.63) is 59.1 Å². The lowest BCUT2D eigenvalue weighted by atomic mass is 10.2. The summed E-state index contributed by atoms with van der Waals surface area (Å²) in [6, 6.07) is 13.1. The van der Waals surface area contributed by atoms with Crippen LogP contribution >= 0.6 is 11.6 Å². The third-order valence-corrected chi connectivity index (χ3v) is 4.76. The number of unbranched alkanes of at least 4 members (excludes halogenated alkanes) is 1. The zero-order valence-corrected chi connectivity index (χ0v) is 19.2. The highest BCUT2D eigenvalue weighted by atomic mass is 35.5. The Labute approximate surface area is 197 Å². The number of carbonyl (C=O) groups excluding carboxylic acids is 4. The van der Waals surface area contributed by atoms with Gasteiger partial charge in [-0.2, -0.15) is 0 Å². The van der Waals surface area contributed by atoms with E-state index < -0.39 is 24.5 Å². The third kappa shape index (κ3) is 9.74. The Hall–Kier alpha value is -3.39. The fourth-order valence-corrected chi connectivity index (χ4v) is 2.85. The van der Waals surface area contributed by atoms with Gasteiger partial charge in [-0.15, -0.1) is 0 Å². The number of para-hydroxylation sites is 1. The van der Waals surface area contributed by atoms with E-state index in [-0.39, 0.29) is 25.2 Å². The van der Waals surface area contributed by atoms with Crippen LogP contribution in [0.1, 0.15) is 49.4 Å². The van der Waals surface area contributed by atoms with Crippen molar-refractivity contribution in [2.75, 3.05) is 23.8 Å². The van der Waals surface area contributed by atoms with Gasteiger partial charge >= 0.3 is 11.9 Å². The molecule has 0 aliphatic heterocycles. The van der Waals surface area contributed by atoms with Crippen molar-refractivity contribution < 1.29 is 28.7 Å². The van der Waals surface area contributed by atoms with Crippen molar-refractivity contribution in [1.82, 2.24) is 0 Å². The number of carbonyl (C=O) groups is 4. The highest BCUT2D eigenvalue weighted by Gasteiger charge is 2.11. The number of hydrogen-bond acceptors (Lipinski definition) is 6. The average Bonchev–Trinajstić information content (AvgIpc) is 2.80. The largest absolute Gasteiger partial charge is 0.462 e. The molecule has 0 aromatic heterocycles. The van der Waals surface area contributed by atoms with E-state index in [1.807, 2.05) is 6.92 Å². The summed E-state index contributed by atoms with van der Waals surface area (Å²) in [7, 11) is 0. The molecule has 0 heterocycles. The second-order valence-electron chi connectivity index (χ2n) is 7.16. The van der Waals surface area contributed by atoms with Crippen molar-refractivity contribution in [2.45, 2.75) is 39.0 Å². The molecule has 9 heteroatoms. The Bertz CT molecular complexity index is 962. The number of amides is 2. The lowest BCUT2D eigenvalue weighted by Gasteiger charge is -2.08. The van der Waals surface area contributed by atoms with Crippen LogP contribution in [0.2, 0.25) is 5.02 Å². The quantitative estimate of drug-likeness (QED) is 0.344. The SMILES string of the molecule is CCCCOC(=O)c1ccc(NC(=O)CCCC(=O)OCC(=O)Nc2ccccc2Cl)cc1. The maximum Gasteiger partial charge on any atom is 0.338 e. The zero-order valence-electron chi connectivity index (χ0n) is 18.4. The van der Waals surface area contributed by atoms with Crippen LogP contribution in [-0.4, -0.2) is 37.0 Å². The molecule has 8 nitrogen and oxygen atoms in total. The monoisotopic (exact) mass is 474 g/mol. The maximum atomic E-state index is 12.1. The predicted octanol–water partition coefficient (Wildman–Crippen LogP) is 4.59. The minimum atomic E-state index is -0.581. The van der Waals surface area contributed by atoms with E-state index in [1.54, 1.807) is 48.5 Å². The number of benzene rings is 2. The van der Waals surface area contributed by atoms with Crippen molar-refractivity contribution in [3.8, 4) is 0 Å². The number of hydrogen-bond donors (Lipinski definition) is 2. The number of esters is 2. The molecule has 0 aliphatic rings. The minimum Gasteiger partial charge on any atom is -0.462 e. The van der Waals surface area contributed by atoms with Gasteiger partial charge in [0.25, 0.3) is 5.91 Å². The fraction of sp³-hybridized carbons (Fsp3) is 0.333. The van der Waals surface area contributed by atoms with E-state index in [0.717, 1.165) is 12.8 Å². The van der Waals surface area contributed by atoms with Crippen LogP contribution in [0, 0.1) is 0 Å². The molecule has 0 fully saturated rings. The number of anilines is 2. The summed E-state index contributed by atoms with van der Waals surface area (Å²) in [5.74, 6) is -1.77. The van der Waals surface area contributed by atoms with E-state index in [0.29, 0.717) is 28.6 Å². The first-order chi connectivity index (χ1) is 15.9. The van der Waals surface area contributed by atoms with Gasteiger partial charge in [0.1, 0.15) is 0 Å². The molecule has 0 spiro atoms. The minimum absolute atomic E-state index is 0.00463. The molecule has 0 aliphatic carbocycles. The lowest BCUT2D eigenvalue weighted by Crippen LogP contribution is -2.21. The summed E-state index contributed by atoms with van der Waals surface area (Å²) in [5, 5.41) is 5.63. The van der Waals surface area contributed by atoms with Gasteiger partial charge in [0, 0.05) is 18.5 Å². The second-order valence-corrected chi connectivity index (χ2v) is 7.56. The van der Waals surface area contributed by atoms with Crippen LogP contribution in [0.5, 0.6) is 0 Å². The van der Waals surface area contributed by atoms with Crippen molar-refractivity contribution >= 4 is 46.7 Å². The molecule has 0 saturated carbocycles. The maximum absolute atomic E-state index is 12.1. The van der Waals surface area contributed by atoms with Gasteiger partial charge in [-0.1, -0.05) is 37.1 Å². The Morgan fingerprint density at radius 3 is 2.27 bits per heavy atom. The van der Waals surface area contributed by atoms with Gasteiger partial charge in [-0.05, 0) is 49.2 Å². The van der Waals surface area contributed by atoms with Gasteiger partial charge in [-0.25, -0.2) is 4.79 Å². The molecule has 33 heavy (non-hydrogen) atoms. The second kappa shape index (κ2) is 13.9. The fourth-order valence-electron chi connectivity index (χ4n) is 2.67. The highest BCUT2D eigenvalue weighted by molar-refractivity contribution is 6.33. The number of halogens is 1. The van der Waals surface area contributed by atoms with Gasteiger partial charge in [0.15, 0.2) is 6.61 Å². The van der Waals surface area contributed by atoms with E-state index in [9.17, 15) is 19.2 Å². The molecule has 0 bridgehead atoms. The van der Waals surface area contributed by atoms with Gasteiger partial charge in [-0.3, -0.25) is 14.4 Å². The van der Waals surface area contributed by atoms with E-state index in [1.165, 1.54) is 0 Å². The summed E-state index contributed by atoms with van der Waals surface area (Å²) in [4.78, 5) is 47.6. The van der Waals surface area contributed by atoms with E-state index in [2.05, 4.69) is 10.6 Å². The van der Waals surface area contributed by atoms with Crippen LogP contribution in [0.25, 0.3) is 0 Å². The number of nitrogens with one attached hydrogen (secondary N) is 2. The molecule has 2 N–H and O–H groups in total. The Balaban J connectivity index is 1.64. The molecule has 176 valence electrons. The van der Waals surface area contributed by atoms with Gasteiger partial charge in [0.05, 0.1) is 22.9 Å². The van der Waals surface area contributed by atoms with Crippen LogP contribution in [0.15, 0.2) is 48.5 Å². The van der Waals surface area contributed by atoms with Crippen molar-refractivity contribution in [3.63, 3.8) is 0 Å². The Kier molecular flexibility index (Phi) is 10.9. The van der Waals surface area contributed by atoms with E-state index in [4.69, 9.17) is 21.1 Å². The first kappa shape index (κ1) is 25.9. The van der Waals surface area contributed by atoms with Crippen LogP contribution in [0.4, 0.5) is 11.4 Å². The lowest BCUT2D eigenvalue weighted by molar-refractivity contribution is -0.147. The van der Waals surface area contributed by atoms with Crippen LogP contribution < -0.4 is 10.6 Å². The summed E-state index contributed by atoms with van der Waals surface area (Å²) in [5.41, 5.74) is 1.37. The summed E-state index contributed by atoms with van der Waals surface area (Å²) in [6.07, 6.45) is 2.10. The molecule has 0 radical (unpaired) electrons. The molecule has 0 atom stereocenters. The average molecular weight is 475 g/mol. The number of ether oxygens (including phenoxy) is 2. The molecule has 2 aromatic rings. The summed E-state index contributed by atoms with van der Waals surface area (Å²) >= 11 is 5.95. The van der Waals surface area contributed by atoms with Crippen molar-refractivity contribution in [1.29, 1.82) is 0 Å². The molecule has 2 amide bonds. The molecular formula is C24H27ClN2O6. The molecule has 2 aromatic carbocycles. The first-order valence-corrected chi connectivity index (χ1v) is 11.0. The zero-order chi connectivity index (χ0) is 24.1. The normalized spacial score (nSPS) is 10.2. The van der Waals surface area contributed by atoms with E-state index >= 15 is 0 Å². The Morgan fingerprint density at radius 2 is 1.58 bits per heavy atom. The standard InChI is InChI=1S/C24H27ClN2O6/c1-2-3-15-32-24(31)17-11-13-18(14-12-17)26-21(28)9-6-10-23(30)33-16-22(29)27-20-8-5-4-7-19(20)25/h4-5,7-8,11-14H,2-3,6,9-10,15-16H2,1H3,(H,26,28)(H,27,29). The van der Waals surface area contributed by atoms with Gasteiger partial charge in [0.2, 0.25) is 5.91 Å². The smallest absolute Gasteiger partial charge is 0.338 e. The van der Waals surface area contributed by atoms with Crippen LogP contribution in [-0.2, 0) is 23.9 Å². The Morgan fingerprint density at radius 1 is 0.848 bits per heavy atom. The first-order valence-electron chi connectivity index (χ1n) is 10.7.